The zero-order valence-corrected chi connectivity index (χ0v) is 11.5. The van der Waals surface area contributed by atoms with Crippen molar-refractivity contribution in [2.45, 2.75) is 18.6 Å². The van der Waals surface area contributed by atoms with Crippen molar-refractivity contribution in [3.63, 3.8) is 0 Å². The fourth-order valence-corrected chi connectivity index (χ4v) is 2.17. The van der Waals surface area contributed by atoms with Crippen LogP contribution in [-0.4, -0.2) is 16.6 Å². The summed E-state index contributed by atoms with van der Waals surface area (Å²) in [6.07, 6.45) is 4.30. The monoisotopic (exact) mass is 343 g/mol. The van der Waals surface area contributed by atoms with Gasteiger partial charge in [-0.25, -0.2) is 4.79 Å². The molecule has 1 heterocycles. The fraction of sp³-hybridized carbons (Fsp3) is 0.308. The third-order valence-corrected chi connectivity index (χ3v) is 3.17. The van der Waals surface area contributed by atoms with E-state index in [4.69, 9.17) is 4.74 Å². The lowest BCUT2D eigenvalue weighted by molar-refractivity contribution is 0.0822. The van der Waals surface area contributed by atoms with Crippen molar-refractivity contribution in [2.24, 2.45) is 0 Å². The number of allylic oxidation sites excluding steroid dienone is 1. The molecular formula is C13H14INO2. The van der Waals surface area contributed by atoms with Gasteiger partial charge in [0.05, 0.1) is 6.04 Å². The summed E-state index contributed by atoms with van der Waals surface area (Å²) in [5.41, 5.74) is 1.12. The van der Waals surface area contributed by atoms with Crippen LogP contribution in [0.25, 0.3) is 0 Å². The van der Waals surface area contributed by atoms with Gasteiger partial charge in [-0.05, 0) is 11.6 Å². The lowest BCUT2D eigenvalue weighted by Crippen LogP contribution is -2.39. The van der Waals surface area contributed by atoms with Crippen molar-refractivity contribution >= 4 is 28.7 Å². The molecule has 1 amide bonds. The molecule has 0 saturated carbocycles. The quantitative estimate of drug-likeness (QED) is 0.520. The number of amides is 1. The van der Waals surface area contributed by atoms with E-state index in [0.29, 0.717) is 0 Å². The Morgan fingerprint density at radius 2 is 2.18 bits per heavy atom. The molecule has 1 aromatic rings. The van der Waals surface area contributed by atoms with E-state index in [1.807, 2.05) is 42.5 Å². The molecule has 0 aliphatic carbocycles. The predicted octanol–water partition coefficient (Wildman–Crippen LogP) is 3.22. The summed E-state index contributed by atoms with van der Waals surface area (Å²) in [7, 11) is 0. The van der Waals surface area contributed by atoms with Gasteiger partial charge in [0.1, 0.15) is 6.10 Å². The molecule has 0 aromatic heterocycles. The van der Waals surface area contributed by atoms with Gasteiger partial charge in [-0.3, -0.25) is 0 Å². The Labute approximate surface area is 114 Å². The van der Waals surface area contributed by atoms with E-state index in [1.54, 1.807) is 0 Å². The highest BCUT2D eigenvalue weighted by atomic mass is 127. The molecule has 2 atom stereocenters. The third-order valence-electron chi connectivity index (χ3n) is 2.66. The molecule has 1 N–H and O–H groups in total. The molecule has 0 unspecified atom stereocenters. The molecule has 2 rings (SSSR count). The Balaban J connectivity index is 2.09. The number of hydrogen-bond donors (Lipinski definition) is 1. The number of cyclic esters (lactones) is 1. The Bertz CT molecular complexity index is 405. The third kappa shape index (κ3) is 3.46. The van der Waals surface area contributed by atoms with Crippen LogP contribution in [0.4, 0.5) is 4.79 Å². The van der Waals surface area contributed by atoms with Crippen LogP contribution in [0.2, 0.25) is 0 Å². The van der Waals surface area contributed by atoms with Crippen LogP contribution in [0.1, 0.15) is 18.0 Å². The van der Waals surface area contributed by atoms with E-state index in [1.165, 1.54) is 0 Å². The van der Waals surface area contributed by atoms with Crippen LogP contribution in [-0.2, 0) is 4.74 Å². The predicted molar refractivity (Wildman–Crippen MR) is 75.2 cm³/mol. The summed E-state index contributed by atoms with van der Waals surface area (Å²) < 4.78 is 6.13. The van der Waals surface area contributed by atoms with E-state index in [9.17, 15) is 4.79 Å². The lowest BCUT2D eigenvalue weighted by Gasteiger charge is -2.28. The molecule has 1 aliphatic rings. The van der Waals surface area contributed by atoms with Crippen molar-refractivity contribution in [3.05, 3.63) is 48.0 Å². The second kappa shape index (κ2) is 6.05. The first-order valence-corrected chi connectivity index (χ1v) is 7.07. The smallest absolute Gasteiger partial charge is 0.408 e. The minimum Gasteiger partial charge on any atom is -0.442 e. The van der Waals surface area contributed by atoms with Gasteiger partial charge in [-0.15, -0.1) is 0 Å². The highest BCUT2D eigenvalue weighted by Crippen LogP contribution is 2.24. The minimum absolute atomic E-state index is 0.0429. The number of hydrogen-bond acceptors (Lipinski definition) is 2. The maximum Gasteiger partial charge on any atom is 0.408 e. The molecular weight excluding hydrogens is 329 g/mol. The first-order chi connectivity index (χ1) is 8.29. The van der Waals surface area contributed by atoms with Crippen molar-refractivity contribution < 1.29 is 9.53 Å². The zero-order chi connectivity index (χ0) is 12.1. The van der Waals surface area contributed by atoms with Crippen LogP contribution < -0.4 is 5.32 Å². The van der Waals surface area contributed by atoms with Gasteiger partial charge in [-0.1, -0.05) is 59.0 Å². The Morgan fingerprint density at radius 3 is 2.88 bits per heavy atom. The second-order valence-electron chi connectivity index (χ2n) is 3.87. The normalized spacial score (nSPS) is 24.4. The fourth-order valence-electron chi connectivity index (χ4n) is 1.88. The number of halogens is 1. The van der Waals surface area contributed by atoms with Crippen molar-refractivity contribution in [1.82, 2.24) is 5.32 Å². The topological polar surface area (TPSA) is 38.3 Å². The number of alkyl carbamates (subject to hydrolysis) is 1. The van der Waals surface area contributed by atoms with Gasteiger partial charge in [0.25, 0.3) is 0 Å². The van der Waals surface area contributed by atoms with Crippen molar-refractivity contribution in [3.8, 4) is 0 Å². The van der Waals surface area contributed by atoms with Gasteiger partial charge >= 0.3 is 6.09 Å². The highest BCUT2D eigenvalue weighted by molar-refractivity contribution is 14.1. The number of alkyl halides is 1. The highest BCUT2D eigenvalue weighted by Gasteiger charge is 2.26. The van der Waals surface area contributed by atoms with E-state index >= 15 is 0 Å². The van der Waals surface area contributed by atoms with E-state index in [-0.39, 0.29) is 18.2 Å². The molecule has 1 saturated heterocycles. The summed E-state index contributed by atoms with van der Waals surface area (Å²) in [5, 5.41) is 2.84. The van der Waals surface area contributed by atoms with Crippen molar-refractivity contribution in [1.29, 1.82) is 0 Å². The molecule has 17 heavy (non-hydrogen) atoms. The van der Waals surface area contributed by atoms with Gasteiger partial charge in [0.15, 0.2) is 0 Å². The zero-order valence-electron chi connectivity index (χ0n) is 9.30. The molecule has 1 aromatic carbocycles. The van der Waals surface area contributed by atoms with Gasteiger partial charge in [-0.2, -0.15) is 0 Å². The largest absolute Gasteiger partial charge is 0.442 e. The molecule has 0 radical (unpaired) electrons. The summed E-state index contributed by atoms with van der Waals surface area (Å²) in [4.78, 5) is 11.5. The molecule has 1 aliphatic heterocycles. The van der Waals surface area contributed by atoms with Crippen molar-refractivity contribution in [2.75, 3.05) is 4.43 Å². The van der Waals surface area contributed by atoms with Crippen LogP contribution in [0.3, 0.4) is 0 Å². The summed E-state index contributed by atoms with van der Waals surface area (Å²) in [5.74, 6) is 0. The van der Waals surface area contributed by atoms with E-state index in [0.717, 1.165) is 16.4 Å². The lowest BCUT2D eigenvalue weighted by atomic mass is 9.99. The summed E-state index contributed by atoms with van der Waals surface area (Å²) >= 11 is 2.26. The number of carbonyl (C=O) groups excluding carboxylic acids is 1. The second-order valence-corrected chi connectivity index (χ2v) is 4.75. The van der Waals surface area contributed by atoms with E-state index in [2.05, 4.69) is 27.9 Å². The minimum atomic E-state index is -0.340. The number of benzene rings is 1. The molecule has 4 heteroatoms. The maximum atomic E-state index is 11.5. The van der Waals surface area contributed by atoms with Crippen LogP contribution in [0.15, 0.2) is 42.5 Å². The summed E-state index contributed by atoms with van der Waals surface area (Å²) in [6.45, 7) is 0. The maximum absolute atomic E-state index is 11.5. The molecule has 90 valence electrons. The number of ether oxygens (including phenoxy) is 1. The molecule has 1 fully saturated rings. The van der Waals surface area contributed by atoms with Crippen LogP contribution in [0.5, 0.6) is 0 Å². The number of nitrogens with one attached hydrogen (secondary N) is 1. The SMILES string of the molecule is O=C1N[C@H](c2ccccc2)C[C@H](/C=C/CI)O1. The van der Waals surface area contributed by atoms with Crippen LogP contribution >= 0.6 is 22.6 Å². The average molecular weight is 343 g/mol. The number of carbonyl (C=O) groups is 1. The average Bonchev–Trinajstić information content (AvgIpc) is 2.37. The van der Waals surface area contributed by atoms with Crippen LogP contribution in [0, 0.1) is 0 Å². The van der Waals surface area contributed by atoms with Gasteiger partial charge in [0.2, 0.25) is 0 Å². The van der Waals surface area contributed by atoms with E-state index < -0.39 is 0 Å². The summed E-state index contributed by atoms with van der Waals surface area (Å²) in [6, 6.07) is 10.0. The Hall–Kier alpha value is -1.04. The molecule has 3 nitrogen and oxygen atoms in total. The first-order valence-electron chi connectivity index (χ1n) is 5.54. The standard InChI is InChI=1S/C13H14INO2/c14-8-4-7-11-9-12(15-13(16)17-11)10-5-2-1-3-6-10/h1-7,11-12H,8-9H2,(H,15,16)/b7-4+/t11-,12-/m0/s1. The van der Waals surface area contributed by atoms with Gasteiger partial charge in [0, 0.05) is 10.8 Å². The Morgan fingerprint density at radius 1 is 1.41 bits per heavy atom. The molecule has 0 bridgehead atoms. The number of rotatable bonds is 3. The Kier molecular flexibility index (Phi) is 4.42. The van der Waals surface area contributed by atoms with Gasteiger partial charge < -0.3 is 10.1 Å². The first kappa shape index (κ1) is 12.4. The molecule has 0 spiro atoms.